The Labute approximate surface area is 195 Å². The summed E-state index contributed by atoms with van der Waals surface area (Å²) in [6.07, 6.45) is 3.58. The van der Waals surface area contributed by atoms with Crippen molar-refractivity contribution < 1.29 is 24.1 Å². The van der Waals surface area contributed by atoms with Gasteiger partial charge in [0, 0.05) is 43.9 Å². The number of aliphatic hydroxyl groups is 1. The van der Waals surface area contributed by atoms with E-state index in [1.807, 2.05) is 24.3 Å². The zero-order chi connectivity index (χ0) is 22.3. The molecule has 3 fully saturated rings. The number of halogens is 1. The number of hydrogen-bond donors (Lipinski definition) is 2. The minimum Gasteiger partial charge on any atom is -0.389 e. The zero-order valence-electron chi connectivity index (χ0n) is 18.6. The number of carbonyl (C=O) groups is 1. The maximum absolute atomic E-state index is 12.5. The van der Waals surface area contributed by atoms with Gasteiger partial charge in [0.15, 0.2) is 0 Å². The SMILES string of the molecule is O=C(C[C@@H]1CC[C@H]2[C@@H](COC[C@@H](O)CN2CC2CCOCC2)O1)NCc1ccc(Cl)cc1. The molecule has 3 heterocycles. The smallest absolute Gasteiger partial charge is 0.222 e. The van der Waals surface area contributed by atoms with E-state index in [2.05, 4.69) is 10.2 Å². The number of nitrogens with zero attached hydrogens (tertiary/aromatic N) is 1. The summed E-state index contributed by atoms with van der Waals surface area (Å²) in [7, 11) is 0. The highest BCUT2D eigenvalue weighted by Crippen LogP contribution is 2.29. The molecule has 8 heteroatoms. The summed E-state index contributed by atoms with van der Waals surface area (Å²) in [5.41, 5.74) is 1.02. The van der Waals surface area contributed by atoms with Crippen LogP contribution in [0.1, 0.15) is 37.7 Å². The molecule has 0 bridgehead atoms. The van der Waals surface area contributed by atoms with Gasteiger partial charge < -0.3 is 24.6 Å². The minimum atomic E-state index is -0.479. The van der Waals surface area contributed by atoms with Gasteiger partial charge in [-0.2, -0.15) is 0 Å². The number of carbonyl (C=O) groups excluding carboxylic acids is 1. The molecule has 32 heavy (non-hydrogen) atoms. The number of benzene rings is 1. The van der Waals surface area contributed by atoms with E-state index in [9.17, 15) is 9.90 Å². The Bertz CT molecular complexity index is 728. The van der Waals surface area contributed by atoms with Gasteiger partial charge in [0.05, 0.1) is 37.9 Å². The summed E-state index contributed by atoms with van der Waals surface area (Å²) in [6.45, 7) is 4.46. The van der Waals surface area contributed by atoms with E-state index < -0.39 is 6.10 Å². The van der Waals surface area contributed by atoms with E-state index in [1.165, 1.54) is 0 Å². The summed E-state index contributed by atoms with van der Waals surface area (Å²) in [4.78, 5) is 14.9. The number of aliphatic hydroxyl groups excluding tert-OH is 1. The molecule has 4 rings (SSSR count). The molecule has 178 valence electrons. The quantitative estimate of drug-likeness (QED) is 0.670. The van der Waals surface area contributed by atoms with E-state index in [4.69, 9.17) is 25.8 Å². The number of rotatable bonds is 6. The Morgan fingerprint density at radius 3 is 2.66 bits per heavy atom. The monoisotopic (exact) mass is 466 g/mol. The fraction of sp³-hybridized carbons (Fsp3) is 0.708. The molecule has 0 aromatic heterocycles. The van der Waals surface area contributed by atoms with Gasteiger partial charge in [-0.15, -0.1) is 0 Å². The van der Waals surface area contributed by atoms with E-state index in [-0.39, 0.29) is 24.2 Å². The van der Waals surface area contributed by atoms with E-state index >= 15 is 0 Å². The van der Waals surface area contributed by atoms with Crippen LogP contribution < -0.4 is 5.32 Å². The van der Waals surface area contributed by atoms with E-state index in [0.717, 1.165) is 51.0 Å². The maximum Gasteiger partial charge on any atom is 0.222 e. The lowest BCUT2D eigenvalue weighted by Gasteiger charge is -2.45. The van der Waals surface area contributed by atoms with Crippen molar-refractivity contribution in [2.75, 3.05) is 39.5 Å². The number of nitrogens with one attached hydrogen (secondary N) is 1. The Kier molecular flexibility index (Phi) is 8.80. The third kappa shape index (κ3) is 6.89. The first kappa shape index (κ1) is 23.9. The van der Waals surface area contributed by atoms with Crippen LogP contribution in [0.25, 0.3) is 0 Å². The summed E-state index contributed by atoms with van der Waals surface area (Å²) in [5, 5.41) is 14.0. The molecule has 7 nitrogen and oxygen atoms in total. The third-order valence-corrected chi connectivity index (χ3v) is 6.99. The van der Waals surface area contributed by atoms with Gasteiger partial charge in [0.2, 0.25) is 5.91 Å². The Morgan fingerprint density at radius 2 is 1.88 bits per heavy atom. The zero-order valence-corrected chi connectivity index (χ0v) is 19.3. The number of amides is 1. The third-order valence-electron chi connectivity index (χ3n) is 6.74. The van der Waals surface area contributed by atoms with Gasteiger partial charge in [0.1, 0.15) is 0 Å². The van der Waals surface area contributed by atoms with Crippen LogP contribution in [0.4, 0.5) is 0 Å². The number of ether oxygens (including phenoxy) is 3. The fourth-order valence-electron chi connectivity index (χ4n) is 5.00. The molecule has 0 spiro atoms. The largest absolute Gasteiger partial charge is 0.389 e. The van der Waals surface area contributed by atoms with Gasteiger partial charge in [-0.25, -0.2) is 0 Å². The van der Waals surface area contributed by atoms with Gasteiger partial charge in [-0.05, 0) is 49.3 Å². The average molecular weight is 467 g/mol. The van der Waals surface area contributed by atoms with Gasteiger partial charge in [-0.1, -0.05) is 23.7 Å². The molecular formula is C24H35ClN2O5. The first-order valence-corrected chi connectivity index (χ1v) is 12.2. The molecule has 4 atom stereocenters. The molecule has 1 aromatic carbocycles. The van der Waals surface area contributed by atoms with Crippen LogP contribution in [0.3, 0.4) is 0 Å². The van der Waals surface area contributed by atoms with Crippen LogP contribution >= 0.6 is 11.6 Å². The molecular weight excluding hydrogens is 432 g/mol. The van der Waals surface area contributed by atoms with Crippen LogP contribution in [0.5, 0.6) is 0 Å². The van der Waals surface area contributed by atoms with Crippen molar-refractivity contribution in [1.82, 2.24) is 10.2 Å². The number of hydrogen-bond acceptors (Lipinski definition) is 6. The predicted molar refractivity (Wildman–Crippen MR) is 122 cm³/mol. The normalized spacial score (nSPS) is 30.2. The van der Waals surface area contributed by atoms with Crippen LogP contribution in [0.2, 0.25) is 5.02 Å². The summed E-state index contributed by atoms with van der Waals surface area (Å²) in [6, 6.07) is 7.69. The molecule has 3 aliphatic heterocycles. The molecule has 3 saturated heterocycles. The van der Waals surface area contributed by atoms with Crippen LogP contribution in [-0.2, 0) is 25.5 Å². The Hall–Kier alpha value is -1.22. The van der Waals surface area contributed by atoms with Crippen LogP contribution in [-0.4, -0.2) is 79.8 Å². The molecule has 0 aliphatic carbocycles. The lowest BCUT2D eigenvalue weighted by molar-refractivity contribution is -0.159. The lowest BCUT2D eigenvalue weighted by atomic mass is 9.92. The first-order chi connectivity index (χ1) is 15.6. The highest BCUT2D eigenvalue weighted by Gasteiger charge is 2.38. The second-order valence-corrected chi connectivity index (χ2v) is 9.69. The Balaban J connectivity index is 1.29. The van der Waals surface area contributed by atoms with Crippen molar-refractivity contribution in [3.8, 4) is 0 Å². The van der Waals surface area contributed by atoms with Crippen molar-refractivity contribution in [3.63, 3.8) is 0 Å². The predicted octanol–water partition coefficient (Wildman–Crippen LogP) is 2.38. The van der Waals surface area contributed by atoms with Crippen LogP contribution in [0, 0.1) is 5.92 Å². The minimum absolute atomic E-state index is 0.00959. The average Bonchev–Trinajstić information content (AvgIpc) is 2.78. The second kappa shape index (κ2) is 11.8. The summed E-state index contributed by atoms with van der Waals surface area (Å²) in [5.74, 6) is 0.581. The maximum atomic E-state index is 12.5. The van der Waals surface area contributed by atoms with E-state index in [1.54, 1.807) is 0 Å². The molecule has 1 aromatic rings. The number of fused-ring (bicyclic) bond motifs is 1. The van der Waals surface area contributed by atoms with Crippen molar-refractivity contribution in [2.24, 2.45) is 5.92 Å². The molecule has 0 saturated carbocycles. The van der Waals surface area contributed by atoms with Gasteiger partial charge >= 0.3 is 0 Å². The highest BCUT2D eigenvalue weighted by molar-refractivity contribution is 6.30. The second-order valence-electron chi connectivity index (χ2n) is 9.25. The first-order valence-electron chi connectivity index (χ1n) is 11.8. The Morgan fingerprint density at radius 1 is 1.09 bits per heavy atom. The molecule has 1 amide bonds. The summed E-state index contributed by atoms with van der Waals surface area (Å²) >= 11 is 5.92. The highest BCUT2D eigenvalue weighted by atomic mass is 35.5. The van der Waals surface area contributed by atoms with Crippen molar-refractivity contribution in [3.05, 3.63) is 34.9 Å². The standard InChI is InChI=1S/C24H35ClN2O5/c25-19-3-1-17(2-4-19)12-26-24(29)11-21-5-6-22-23(32-21)16-31-15-20(28)14-27(22)13-18-7-9-30-10-8-18/h1-4,18,20-23,28H,5-16H2,(H,26,29)/t20-,21-,22-,23+/m0/s1. The van der Waals surface area contributed by atoms with E-state index in [0.29, 0.717) is 43.7 Å². The molecule has 0 unspecified atom stereocenters. The fourth-order valence-corrected chi connectivity index (χ4v) is 5.12. The van der Waals surface area contributed by atoms with Crippen molar-refractivity contribution in [2.45, 2.75) is 63.0 Å². The molecule has 3 aliphatic rings. The lowest BCUT2D eigenvalue weighted by Crippen LogP contribution is -2.57. The molecule has 0 radical (unpaired) electrons. The summed E-state index contributed by atoms with van der Waals surface area (Å²) < 4.78 is 17.6. The number of β-amino-alcohol motifs (C(OH)–C–C–N with tert-alkyl or cyclic N) is 1. The van der Waals surface area contributed by atoms with Gasteiger partial charge in [-0.3, -0.25) is 9.69 Å². The molecule has 2 N–H and O–H groups in total. The topological polar surface area (TPSA) is 80.3 Å². The van der Waals surface area contributed by atoms with Crippen molar-refractivity contribution in [1.29, 1.82) is 0 Å². The van der Waals surface area contributed by atoms with Gasteiger partial charge in [0.25, 0.3) is 0 Å². The van der Waals surface area contributed by atoms with Crippen LogP contribution in [0.15, 0.2) is 24.3 Å². The van der Waals surface area contributed by atoms with Crippen molar-refractivity contribution >= 4 is 17.5 Å².